The van der Waals surface area contributed by atoms with Crippen LogP contribution >= 0.6 is 0 Å². The molecule has 0 N–H and O–H groups in total. The highest BCUT2D eigenvalue weighted by atomic mass is 16.3. The zero-order valence-electron chi connectivity index (χ0n) is 26.5. The molecule has 0 radical (unpaired) electrons. The van der Waals surface area contributed by atoms with Crippen molar-refractivity contribution in [3.05, 3.63) is 176 Å². The summed E-state index contributed by atoms with van der Waals surface area (Å²) in [6, 6.07) is 61.9. The Morgan fingerprint density at radius 2 is 0.918 bits per heavy atom. The Morgan fingerprint density at radius 3 is 1.76 bits per heavy atom. The van der Waals surface area contributed by atoms with Crippen molar-refractivity contribution in [3.63, 3.8) is 0 Å². The summed E-state index contributed by atoms with van der Waals surface area (Å²) >= 11 is 0. The van der Waals surface area contributed by atoms with Gasteiger partial charge in [-0.05, 0) is 76.2 Å². The molecular formula is C46H29NO2. The molecule has 2 aromatic heterocycles. The van der Waals surface area contributed by atoms with Crippen molar-refractivity contribution in [2.75, 3.05) is 4.90 Å². The Hall–Kier alpha value is -6.58. The molecule has 230 valence electrons. The van der Waals surface area contributed by atoms with E-state index in [2.05, 4.69) is 169 Å². The molecule has 2 heterocycles. The fourth-order valence-electron chi connectivity index (χ4n) is 7.37. The van der Waals surface area contributed by atoms with E-state index in [1.165, 1.54) is 22.1 Å². The van der Waals surface area contributed by atoms with Crippen LogP contribution in [0.1, 0.15) is 0 Å². The minimum atomic E-state index is 0.850. The normalized spacial score (nSPS) is 11.7. The summed E-state index contributed by atoms with van der Waals surface area (Å²) in [5, 5.41) is 6.64. The first-order valence-corrected chi connectivity index (χ1v) is 16.6. The molecule has 0 saturated carbocycles. The second kappa shape index (κ2) is 11.0. The number of rotatable bonds is 5. The van der Waals surface area contributed by atoms with Gasteiger partial charge in [-0.3, -0.25) is 0 Å². The van der Waals surface area contributed by atoms with Crippen molar-refractivity contribution < 1.29 is 8.83 Å². The fourth-order valence-corrected chi connectivity index (χ4v) is 7.37. The number of fused-ring (bicyclic) bond motifs is 8. The second-order valence-corrected chi connectivity index (χ2v) is 12.5. The summed E-state index contributed by atoms with van der Waals surface area (Å²) in [6.07, 6.45) is 0. The standard InChI is InChI=1S/C46H29NO2/c1-3-13-30(14-4-1)32-17-11-18-33(27-32)47(42-23-12-22-38-36-20-9-10-24-43(36)49-46(38)42)34-25-26-44-40(28-34)41-29-39(31-15-5-2-6-16-31)35-19-7-8-21-37(35)45(41)48-44/h1-29H. The van der Waals surface area contributed by atoms with Gasteiger partial charge in [0.1, 0.15) is 16.7 Å². The number of benzene rings is 8. The minimum Gasteiger partial charge on any atom is -0.455 e. The van der Waals surface area contributed by atoms with E-state index in [0.717, 1.165) is 71.9 Å². The van der Waals surface area contributed by atoms with Gasteiger partial charge in [-0.15, -0.1) is 0 Å². The summed E-state index contributed by atoms with van der Waals surface area (Å²) in [5.74, 6) is 0. The summed E-state index contributed by atoms with van der Waals surface area (Å²) in [5.41, 5.74) is 11.2. The van der Waals surface area contributed by atoms with E-state index >= 15 is 0 Å². The lowest BCUT2D eigenvalue weighted by Gasteiger charge is -2.26. The molecule has 0 bridgehead atoms. The lowest BCUT2D eigenvalue weighted by molar-refractivity contribution is 0.669. The molecule has 0 aliphatic rings. The Morgan fingerprint density at radius 1 is 0.327 bits per heavy atom. The maximum atomic E-state index is 6.65. The monoisotopic (exact) mass is 627 g/mol. The van der Waals surface area contributed by atoms with Gasteiger partial charge in [0.25, 0.3) is 0 Å². The van der Waals surface area contributed by atoms with Crippen molar-refractivity contribution in [3.8, 4) is 22.3 Å². The highest BCUT2D eigenvalue weighted by Crippen LogP contribution is 2.45. The molecule has 3 heteroatoms. The van der Waals surface area contributed by atoms with E-state index < -0.39 is 0 Å². The van der Waals surface area contributed by atoms with Crippen LogP contribution in [0.3, 0.4) is 0 Å². The molecule has 0 amide bonds. The Balaban J connectivity index is 1.25. The van der Waals surface area contributed by atoms with Crippen LogP contribution in [-0.2, 0) is 0 Å². The average Bonchev–Trinajstić information content (AvgIpc) is 3.74. The van der Waals surface area contributed by atoms with Gasteiger partial charge in [0.2, 0.25) is 0 Å². The number of nitrogens with zero attached hydrogens (tertiary/aromatic N) is 1. The van der Waals surface area contributed by atoms with Gasteiger partial charge in [0.05, 0.1) is 5.69 Å². The van der Waals surface area contributed by atoms with Crippen molar-refractivity contribution in [1.29, 1.82) is 0 Å². The van der Waals surface area contributed by atoms with Crippen LogP contribution in [0.25, 0.3) is 76.9 Å². The van der Waals surface area contributed by atoms with Gasteiger partial charge < -0.3 is 13.7 Å². The van der Waals surface area contributed by atoms with Gasteiger partial charge in [-0.1, -0.05) is 127 Å². The molecule has 0 aliphatic carbocycles. The van der Waals surface area contributed by atoms with E-state index in [4.69, 9.17) is 8.83 Å². The molecule has 0 atom stereocenters. The molecule has 0 saturated heterocycles. The predicted octanol–water partition coefficient (Wildman–Crippen LogP) is 13.4. The van der Waals surface area contributed by atoms with Gasteiger partial charge >= 0.3 is 0 Å². The number of furan rings is 2. The summed E-state index contributed by atoms with van der Waals surface area (Å²) in [6.45, 7) is 0. The molecule has 10 rings (SSSR count). The fraction of sp³-hybridized carbons (Fsp3) is 0. The van der Waals surface area contributed by atoms with E-state index in [9.17, 15) is 0 Å². The first-order valence-electron chi connectivity index (χ1n) is 16.6. The minimum absolute atomic E-state index is 0.850. The zero-order valence-corrected chi connectivity index (χ0v) is 26.5. The third kappa shape index (κ3) is 4.44. The van der Waals surface area contributed by atoms with Gasteiger partial charge in [0, 0.05) is 38.3 Å². The molecule has 49 heavy (non-hydrogen) atoms. The van der Waals surface area contributed by atoms with Crippen LogP contribution in [0.2, 0.25) is 0 Å². The number of anilines is 3. The van der Waals surface area contributed by atoms with Crippen molar-refractivity contribution >= 4 is 71.7 Å². The molecule has 10 aromatic rings. The zero-order chi connectivity index (χ0) is 32.3. The highest BCUT2D eigenvalue weighted by molar-refractivity contribution is 6.20. The largest absolute Gasteiger partial charge is 0.455 e. The molecular weight excluding hydrogens is 599 g/mol. The molecule has 0 fully saturated rings. The van der Waals surface area contributed by atoms with Gasteiger partial charge in [-0.2, -0.15) is 0 Å². The maximum absolute atomic E-state index is 6.65. The summed E-state index contributed by atoms with van der Waals surface area (Å²) in [4.78, 5) is 2.31. The molecule has 0 aliphatic heterocycles. The lowest BCUT2D eigenvalue weighted by Crippen LogP contribution is -2.10. The van der Waals surface area contributed by atoms with Crippen LogP contribution in [-0.4, -0.2) is 0 Å². The van der Waals surface area contributed by atoms with Crippen molar-refractivity contribution in [2.45, 2.75) is 0 Å². The van der Waals surface area contributed by atoms with Gasteiger partial charge in [-0.25, -0.2) is 0 Å². The van der Waals surface area contributed by atoms with Crippen LogP contribution in [0.4, 0.5) is 17.1 Å². The Kier molecular flexibility index (Phi) is 6.18. The Bertz CT molecular complexity index is 2830. The van der Waals surface area contributed by atoms with E-state index in [1.807, 2.05) is 12.1 Å². The smallest absolute Gasteiger partial charge is 0.159 e. The van der Waals surface area contributed by atoms with E-state index in [1.54, 1.807) is 0 Å². The number of hydrogen-bond donors (Lipinski definition) is 0. The number of hydrogen-bond acceptors (Lipinski definition) is 3. The van der Waals surface area contributed by atoms with Crippen LogP contribution in [0, 0.1) is 0 Å². The third-order valence-electron chi connectivity index (χ3n) is 9.64. The molecule has 8 aromatic carbocycles. The Labute approximate surface area is 282 Å². The summed E-state index contributed by atoms with van der Waals surface area (Å²) in [7, 11) is 0. The quantitative estimate of drug-likeness (QED) is 0.190. The summed E-state index contributed by atoms with van der Waals surface area (Å²) < 4.78 is 13.3. The molecule has 0 spiro atoms. The van der Waals surface area contributed by atoms with Crippen LogP contribution in [0.5, 0.6) is 0 Å². The SMILES string of the molecule is c1ccc(-c2cccc(N(c3ccc4oc5c6ccccc6c(-c6ccccc6)cc5c4c3)c3cccc4c3oc3ccccc34)c2)cc1. The number of para-hydroxylation sites is 2. The second-order valence-electron chi connectivity index (χ2n) is 12.5. The topological polar surface area (TPSA) is 29.5 Å². The van der Waals surface area contributed by atoms with Crippen LogP contribution < -0.4 is 4.90 Å². The lowest BCUT2D eigenvalue weighted by atomic mass is 9.95. The maximum Gasteiger partial charge on any atom is 0.159 e. The first kappa shape index (κ1) is 27.5. The molecule has 3 nitrogen and oxygen atoms in total. The van der Waals surface area contributed by atoms with Gasteiger partial charge in [0.15, 0.2) is 5.58 Å². The molecule has 0 unspecified atom stereocenters. The van der Waals surface area contributed by atoms with E-state index in [0.29, 0.717) is 0 Å². The van der Waals surface area contributed by atoms with Crippen LogP contribution in [0.15, 0.2) is 185 Å². The van der Waals surface area contributed by atoms with Crippen molar-refractivity contribution in [2.24, 2.45) is 0 Å². The average molecular weight is 628 g/mol. The third-order valence-corrected chi connectivity index (χ3v) is 9.64. The predicted molar refractivity (Wildman–Crippen MR) is 204 cm³/mol. The van der Waals surface area contributed by atoms with Crippen molar-refractivity contribution in [1.82, 2.24) is 0 Å². The first-order chi connectivity index (χ1) is 24.3. The van der Waals surface area contributed by atoms with E-state index in [-0.39, 0.29) is 0 Å². The highest BCUT2D eigenvalue weighted by Gasteiger charge is 2.22.